The van der Waals surface area contributed by atoms with Gasteiger partial charge in [-0.15, -0.1) is 0 Å². The molecule has 1 saturated carbocycles. The summed E-state index contributed by atoms with van der Waals surface area (Å²) in [7, 11) is 0. The zero-order chi connectivity index (χ0) is 25.1. The van der Waals surface area contributed by atoms with E-state index in [0.29, 0.717) is 26.2 Å². The number of halogens is 3. The van der Waals surface area contributed by atoms with Crippen LogP contribution in [-0.2, 0) is 19.2 Å². The maximum Gasteiger partial charge on any atom is 0.493 e. The first-order valence-corrected chi connectivity index (χ1v) is 11.3. The van der Waals surface area contributed by atoms with Crippen molar-refractivity contribution in [3.63, 3.8) is 0 Å². The predicted octanol–water partition coefficient (Wildman–Crippen LogP) is 2.28. The van der Waals surface area contributed by atoms with Crippen LogP contribution in [0.4, 0.5) is 18.9 Å². The molecule has 2 amide bonds. The Morgan fingerprint density at radius 2 is 1.71 bits per heavy atom. The van der Waals surface area contributed by atoms with Gasteiger partial charge in [-0.1, -0.05) is 32.0 Å². The fourth-order valence-corrected chi connectivity index (χ4v) is 4.62. The summed E-state index contributed by atoms with van der Waals surface area (Å²) in [6.45, 7) is 5.58. The molecule has 1 heterocycles. The molecule has 188 valence electrons. The molecule has 1 aromatic carbocycles. The Bertz CT molecular complexity index is 888. The first-order chi connectivity index (χ1) is 15.9. The number of hydroxylamine groups is 1. The van der Waals surface area contributed by atoms with Gasteiger partial charge in [-0.25, -0.2) is 4.79 Å². The normalized spacial score (nSPS) is 25.7. The van der Waals surface area contributed by atoms with Crippen molar-refractivity contribution in [3.05, 3.63) is 30.3 Å². The Hall–Kier alpha value is -2.82. The van der Waals surface area contributed by atoms with Gasteiger partial charge in [0.2, 0.25) is 5.91 Å². The Balaban J connectivity index is 1.69. The van der Waals surface area contributed by atoms with E-state index in [1.54, 1.807) is 24.2 Å². The number of hydrogen-bond donors (Lipinski definition) is 2. The van der Waals surface area contributed by atoms with Crippen molar-refractivity contribution in [1.29, 1.82) is 0 Å². The number of amides is 2. The summed E-state index contributed by atoms with van der Waals surface area (Å²) in [6, 6.07) is 9.74. The number of carbonyl (C=O) groups excluding carboxylic acids is 3. The Kier molecular flexibility index (Phi) is 7.74. The zero-order valence-electron chi connectivity index (χ0n) is 19.2. The summed E-state index contributed by atoms with van der Waals surface area (Å²) in [5.74, 6) is -6.10. The smallest absolute Gasteiger partial charge is 0.390 e. The number of nitrogens with zero attached hydrogens (tertiary/aromatic N) is 2. The lowest BCUT2D eigenvalue weighted by Gasteiger charge is -2.44. The molecule has 0 bridgehead atoms. The number of para-hydroxylation sites is 1. The third-order valence-corrected chi connectivity index (χ3v) is 6.86. The fourth-order valence-electron chi connectivity index (χ4n) is 4.62. The number of nitrogens with one attached hydrogen (secondary N) is 1. The molecule has 3 atom stereocenters. The molecule has 1 aromatic rings. The molecule has 2 N–H and O–H groups in total. The van der Waals surface area contributed by atoms with Crippen molar-refractivity contribution < 1.29 is 37.5 Å². The highest BCUT2D eigenvalue weighted by atomic mass is 19.4. The number of carbonyl (C=O) groups is 3. The summed E-state index contributed by atoms with van der Waals surface area (Å²) in [5, 5.41) is 10.9. The molecule has 11 heteroatoms. The Morgan fingerprint density at radius 3 is 2.26 bits per heavy atom. The summed E-state index contributed by atoms with van der Waals surface area (Å²) < 4.78 is 37.3. The largest absolute Gasteiger partial charge is 0.493 e. The van der Waals surface area contributed by atoms with Crippen LogP contribution in [0.5, 0.6) is 0 Å². The minimum Gasteiger partial charge on any atom is -0.390 e. The first-order valence-electron chi connectivity index (χ1n) is 11.3. The number of benzene rings is 1. The molecule has 3 rings (SSSR count). The van der Waals surface area contributed by atoms with Gasteiger partial charge in [0.25, 0.3) is 5.91 Å². The zero-order valence-corrected chi connectivity index (χ0v) is 19.2. The number of aliphatic hydroxyl groups is 1. The minimum absolute atomic E-state index is 0.125. The van der Waals surface area contributed by atoms with E-state index in [9.17, 15) is 32.7 Å². The lowest BCUT2D eigenvalue weighted by molar-refractivity contribution is -0.208. The summed E-state index contributed by atoms with van der Waals surface area (Å²) in [4.78, 5) is 44.8. The predicted molar refractivity (Wildman–Crippen MR) is 116 cm³/mol. The van der Waals surface area contributed by atoms with Crippen LogP contribution in [0.1, 0.15) is 33.1 Å². The van der Waals surface area contributed by atoms with Crippen LogP contribution >= 0.6 is 0 Å². The molecule has 2 fully saturated rings. The maximum absolute atomic E-state index is 13.3. The molecular formula is C23H30F3N3O5. The molecule has 1 saturated heterocycles. The lowest BCUT2D eigenvalue weighted by atomic mass is 9.67. The van der Waals surface area contributed by atoms with E-state index in [4.69, 9.17) is 0 Å². The minimum atomic E-state index is -5.27. The summed E-state index contributed by atoms with van der Waals surface area (Å²) in [5.41, 5.74) is 1.33. The Morgan fingerprint density at radius 1 is 1.09 bits per heavy atom. The van der Waals surface area contributed by atoms with Gasteiger partial charge in [0, 0.05) is 31.9 Å². The van der Waals surface area contributed by atoms with Gasteiger partial charge in [-0.05, 0) is 37.3 Å². The molecule has 0 radical (unpaired) electrons. The highest BCUT2D eigenvalue weighted by Gasteiger charge is 2.49. The van der Waals surface area contributed by atoms with Gasteiger partial charge in [0.1, 0.15) is 0 Å². The monoisotopic (exact) mass is 485 g/mol. The molecule has 0 aromatic heterocycles. The second kappa shape index (κ2) is 10.2. The van der Waals surface area contributed by atoms with Crippen molar-refractivity contribution in [2.45, 2.75) is 44.9 Å². The van der Waals surface area contributed by atoms with Crippen molar-refractivity contribution in [1.82, 2.24) is 10.4 Å². The molecule has 1 aliphatic carbocycles. The number of hydrogen-bond acceptors (Lipinski definition) is 6. The third kappa shape index (κ3) is 5.81. The SMILES string of the molecule is CC(C)[C@@]1(O)CC[C@H](C(=O)N2CCN(c3ccccc3)CC2)[C@@H](C(=O)NOC(=O)C(F)(F)F)C1. The van der Waals surface area contributed by atoms with Crippen molar-refractivity contribution in [2.75, 3.05) is 31.1 Å². The third-order valence-electron chi connectivity index (χ3n) is 6.86. The van der Waals surface area contributed by atoms with Crippen LogP contribution in [0.2, 0.25) is 0 Å². The average Bonchev–Trinajstić information content (AvgIpc) is 2.81. The van der Waals surface area contributed by atoms with Gasteiger partial charge in [0.05, 0.1) is 17.4 Å². The standard InChI is InChI=1S/C23H30F3N3O5/c1-15(2)22(33)9-8-17(18(14-22)19(30)27-34-21(32)23(24,25)26)20(31)29-12-10-28(11-13-29)16-6-4-3-5-7-16/h3-7,15,17-18,33H,8-14H2,1-2H3,(H,27,30)/t17-,18-,22+/m0/s1. The maximum atomic E-state index is 13.3. The number of alkyl halides is 3. The molecular weight excluding hydrogens is 455 g/mol. The van der Waals surface area contributed by atoms with E-state index in [1.807, 2.05) is 30.3 Å². The van der Waals surface area contributed by atoms with Crippen molar-refractivity contribution in [2.24, 2.45) is 17.8 Å². The second-order valence-corrected chi connectivity index (χ2v) is 9.22. The van der Waals surface area contributed by atoms with Gasteiger partial charge in [-0.2, -0.15) is 18.7 Å². The van der Waals surface area contributed by atoms with Gasteiger partial charge in [-0.3, -0.25) is 9.59 Å². The van der Waals surface area contributed by atoms with Gasteiger partial charge in [0.15, 0.2) is 0 Å². The lowest BCUT2D eigenvalue weighted by Crippen LogP contribution is -2.55. The van der Waals surface area contributed by atoms with Crippen molar-refractivity contribution >= 4 is 23.5 Å². The molecule has 1 aliphatic heterocycles. The quantitative estimate of drug-likeness (QED) is 0.635. The van der Waals surface area contributed by atoms with E-state index in [2.05, 4.69) is 9.74 Å². The highest BCUT2D eigenvalue weighted by molar-refractivity contribution is 5.88. The van der Waals surface area contributed by atoms with Crippen LogP contribution in [0.25, 0.3) is 0 Å². The second-order valence-electron chi connectivity index (χ2n) is 9.22. The molecule has 8 nitrogen and oxygen atoms in total. The topological polar surface area (TPSA) is 99.2 Å². The van der Waals surface area contributed by atoms with E-state index < -0.39 is 35.5 Å². The molecule has 34 heavy (non-hydrogen) atoms. The fraction of sp³-hybridized carbons (Fsp3) is 0.609. The molecule has 2 aliphatic rings. The summed E-state index contributed by atoms with van der Waals surface area (Å²) in [6.07, 6.45) is -4.93. The average molecular weight is 486 g/mol. The Labute approximate surface area is 196 Å². The van der Waals surface area contributed by atoms with Gasteiger partial charge < -0.3 is 19.7 Å². The number of anilines is 1. The van der Waals surface area contributed by atoms with E-state index >= 15 is 0 Å². The van der Waals surface area contributed by atoms with Crippen LogP contribution in [0, 0.1) is 17.8 Å². The van der Waals surface area contributed by atoms with Gasteiger partial charge >= 0.3 is 12.1 Å². The number of rotatable bonds is 4. The highest BCUT2D eigenvalue weighted by Crippen LogP contribution is 2.41. The summed E-state index contributed by atoms with van der Waals surface area (Å²) >= 11 is 0. The van der Waals surface area contributed by atoms with Crippen LogP contribution < -0.4 is 10.4 Å². The van der Waals surface area contributed by atoms with E-state index in [0.717, 1.165) is 5.69 Å². The van der Waals surface area contributed by atoms with E-state index in [-0.39, 0.29) is 31.1 Å². The van der Waals surface area contributed by atoms with Crippen LogP contribution in [0.3, 0.4) is 0 Å². The molecule has 0 unspecified atom stereocenters. The van der Waals surface area contributed by atoms with E-state index in [1.165, 1.54) is 0 Å². The van der Waals surface area contributed by atoms with Crippen LogP contribution in [-0.4, -0.2) is 65.7 Å². The first kappa shape index (κ1) is 25.8. The van der Waals surface area contributed by atoms with Crippen molar-refractivity contribution in [3.8, 4) is 0 Å². The number of piperazine rings is 1. The molecule has 0 spiro atoms. The van der Waals surface area contributed by atoms with Crippen LogP contribution in [0.15, 0.2) is 30.3 Å².